The number of hydrogen-bond donors (Lipinski definition) is 2. The fraction of sp³-hybridized carbons (Fsp3) is 1.00. The summed E-state index contributed by atoms with van der Waals surface area (Å²) >= 11 is 0. The van der Waals surface area contributed by atoms with Crippen LogP contribution in [0.15, 0.2) is 0 Å². The second-order valence-electron chi connectivity index (χ2n) is 4.80. The third-order valence-corrected chi connectivity index (χ3v) is 3.34. The lowest BCUT2D eigenvalue weighted by Gasteiger charge is -2.24. The van der Waals surface area contributed by atoms with Crippen molar-refractivity contribution in [1.82, 2.24) is 5.32 Å². The minimum absolute atomic E-state index is 0.219. The lowest BCUT2D eigenvalue weighted by Crippen LogP contribution is -2.37. The van der Waals surface area contributed by atoms with Gasteiger partial charge in [0.15, 0.2) is 0 Å². The smallest absolute Gasteiger partial charge is 0.0636 e. The Morgan fingerprint density at radius 3 is 2.21 bits per heavy atom. The summed E-state index contributed by atoms with van der Waals surface area (Å²) in [4.78, 5) is 0. The molecule has 0 aliphatic heterocycles. The molecule has 1 rings (SSSR count). The molecule has 1 saturated carbocycles. The van der Waals surface area contributed by atoms with E-state index in [9.17, 15) is 5.11 Å². The van der Waals surface area contributed by atoms with Gasteiger partial charge in [-0.2, -0.15) is 0 Å². The van der Waals surface area contributed by atoms with Crippen molar-refractivity contribution in [2.75, 3.05) is 6.54 Å². The Balaban J connectivity index is 2.23. The van der Waals surface area contributed by atoms with Gasteiger partial charge in [-0.05, 0) is 32.6 Å². The van der Waals surface area contributed by atoms with E-state index in [1.165, 1.54) is 38.5 Å². The first-order valence-electron chi connectivity index (χ1n) is 6.11. The van der Waals surface area contributed by atoms with Crippen LogP contribution in [-0.4, -0.2) is 23.8 Å². The van der Waals surface area contributed by atoms with Crippen LogP contribution in [0.25, 0.3) is 0 Å². The van der Waals surface area contributed by atoms with E-state index in [0.717, 1.165) is 12.5 Å². The first kappa shape index (κ1) is 12.0. The monoisotopic (exact) mass is 199 g/mol. The van der Waals surface area contributed by atoms with Gasteiger partial charge in [-0.1, -0.05) is 25.7 Å². The van der Waals surface area contributed by atoms with Crippen molar-refractivity contribution >= 4 is 0 Å². The highest BCUT2D eigenvalue weighted by Gasteiger charge is 2.18. The molecule has 0 unspecified atom stereocenters. The SMILES string of the molecule is C[C@H](NC[C@@H](C)O)C1CCCCCC1. The Morgan fingerprint density at radius 2 is 1.71 bits per heavy atom. The van der Waals surface area contributed by atoms with Gasteiger partial charge in [-0.15, -0.1) is 0 Å². The maximum Gasteiger partial charge on any atom is 0.0636 e. The molecule has 0 bridgehead atoms. The van der Waals surface area contributed by atoms with Crippen LogP contribution in [0, 0.1) is 5.92 Å². The van der Waals surface area contributed by atoms with Crippen molar-refractivity contribution in [3.8, 4) is 0 Å². The summed E-state index contributed by atoms with van der Waals surface area (Å²) in [7, 11) is 0. The highest BCUT2D eigenvalue weighted by molar-refractivity contribution is 4.75. The minimum atomic E-state index is -0.219. The fourth-order valence-corrected chi connectivity index (χ4v) is 2.33. The van der Waals surface area contributed by atoms with Gasteiger partial charge in [0.2, 0.25) is 0 Å². The molecule has 84 valence electrons. The fourth-order valence-electron chi connectivity index (χ4n) is 2.33. The summed E-state index contributed by atoms with van der Waals surface area (Å²) < 4.78 is 0. The van der Waals surface area contributed by atoms with Gasteiger partial charge in [-0.3, -0.25) is 0 Å². The quantitative estimate of drug-likeness (QED) is 0.681. The van der Waals surface area contributed by atoms with Gasteiger partial charge < -0.3 is 10.4 Å². The van der Waals surface area contributed by atoms with Gasteiger partial charge >= 0.3 is 0 Å². The molecule has 0 spiro atoms. The maximum atomic E-state index is 9.19. The summed E-state index contributed by atoms with van der Waals surface area (Å²) in [5, 5.41) is 12.6. The number of aliphatic hydroxyl groups is 1. The molecule has 0 aromatic carbocycles. The van der Waals surface area contributed by atoms with E-state index in [4.69, 9.17) is 0 Å². The Hall–Kier alpha value is -0.0800. The van der Waals surface area contributed by atoms with E-state index < -0.39 is 0 Å². The second-order valence-corrected chi connectivity index (χ2v) is 4.80. The van der Waals surface area contributed by atoms with Crippen molar-refractivity contribution in [3.63, 3.8) is 0 Å². The molecular weight excluding hydrogens is 174 g/mol. The molecule has 2 N–H and O–H groups in total. The Morgan fingerprint density at radius 1 is 1.14 bits per heavy atom. The van der Waals surface area contributed by atoms with E-state index in [2.05, 4.69) is 12.2 Å². The van der Waals surface area contributed by atoms with Crippen LogP contribution in [0.4, 0.5) is 0 Å². The zero-order chi connectivity index (χ0) is 10.4. The van der Waals surface area contributed by atoms with Crippen LogP contribution < -0.4 is 5.32 Å². The van der Waals surface area contributed by atoms with Crippen LogP contribution in [0.3, 0.4) is 0 Å². The van der Waals surface area contributed by atoms with Crippen LogP contribution in [-0.2, 0) is 0 Å². The van der Waals surface area contributed by atoms with Crippen molar-refractivity contribution in [1.29, 1.82) is 0 Å². The molecule has 0 heterocycles. The molecule has 2 nitrogen and oxygen atoms in total. The van der Waals surface area contributed by atoms with E-state index in [-0.39, 0.29) is 6.10 Å². The Kier molecular flexibility index (Phi) is 5.49. The number of hydrogen-bond acceptors (Lipinski definition) is 2. The van der Waals surface area contributed by atoms with E-state index in [1.807, 2.05) is 6.92 Å². The van der Waals surface area contributed by atoms with Crippen molar-refractivity contribution < 1.29 is 5.11 Å². The highest BCUT2D eigenvalue weighted by atomic mass is 16.3. The third kappa shape index (κ3) is 4.43. The average molecular weight is 199 g/mol. The van der Waals surface area contributed by atoms with E-state index >= 15 is 0 Å². The molecule has 14 heavy (non-hydrogen) atoms. The van der Waals surface area contributed by atoms with Crippen molar-refractivity contribution in [2.24, 2.45) is 5.92 Å². The van der Waals surface area contributed by atoms with Crippen molar-refractivity contribution in [3.05, 3.63) is 0 Å². The molecule has 0 aromatic heterocycles. The predicted octanol–water partition coefficient (Wildman–Crippen LogP) is 2.32. The normalized spacial score (nSPS) is 24.2. The average Bonchev–Trinajstić information content (AvgIpc) is 2.42. The van der Waals surface area contributed by atoms with Crippen LogP contribution in [0.1, 0.15) is 52.4 Å². The molecule has 0 amide bonds. The van der Waals surface area contributed by atoms with Gasteiger partial charge in [-0.25, -0.2) is 0 Å². The molecule has 2 heteroatoms. The second kappa shape index (κ2) is 6.41. The Labute approximate surface area is 88.1 Å². The first-order valence-corrected chi connectivity index (χ1v) is 6.11. The topological polar surface area (TPSA) is 32.3 Å². The lowest BCUT2D eigenvalue weighted by atomic mass is 9.93. The summed E-state index contributed by atoms with van der Waals surface area (Å²) in [6.45, 7) is 4.84. The number of aliphatic hydroxyl groups excluding tert-OH is 1. The molecule has 0 saturated heterocycles. The summed E-state index contributed by atoms with van der Waals surface area (Å²) in [5.41, 5.74) is 0. The number of nitrogens with one attached hydrogen (secondary N) is 1. The largest absolute Gasteiger partial charge is 0.392 e. The maximum absolute atomic E-state index is 9.19. The predicted molar refractivity (Wildman–Crippen MR) is 60.3 cm³/mol. The van der Waals surface area contributed by atoms with Crippen LogP contribution >= 0.6 is 0 Å². The summed E-state index contributed by atoms with van der Waals surface area (Å²) in [5.74, 6) is 0.830. The van der Waals surface area contributed by atoms with Gasteiger partial charge in [0.05, 0.1) is 6.10 Å². The summed E-state index contributed by atoms with van der Waals surface area (Å²) in [6, 6.07) is 0.572. The van der Waals surface area contributed by atoms with Gasteiger partial charge in [0, 0.05) is 12.6 Å². The molecule has 0 radical (unpaired) electrons. The molecule has 0 aromatic rings. The zero-order valence-electron chi connectivity index (χ0n) is 9.63. The third-order valence-electron chi connectivity index (χ3n) is 3.34. The van der Waals surface area contributed by atoms with Gasteiger partial charge in [0.1, 0.15) is 0 Å². The molecule has 2 atom stereocenters. The standard InChI is InChI=1S/C12H25NO/c1-10(14)9-13-11(2)12-7-5-3-4-6-8-12/h10-14H,3-9H2,1-2H3/t10-,11+/m1/s1. The van der Waals surface area contributed by atoms with E-state index in [1.54, 1.807) is 0 Å². The Bertz CT molecular complexity index is 139. The number of rotatable bonds is 4. The van der Waals surface area contributed by atoms with E-state index in [0.29, 0.717) is 6.04 Å². The first-order chi connectivity index (χ1) is 6.70. The zero-order valence-corrected chi connectivity index (χ0v) is 9.63. The van der Waals surface area contributed by atoms with Crippen LogP contribution in [0.5, 0.6) is 0 Å². The molecular formula is C12H25NO. The molecule has 1 aliphatic rings. The van der Waals surface area contributed by atoms with Gasteiger partial charge in [0.25, 0.3) is 0 Å². The van der Waals surface area contributed by atoms with Crippen molar-refractivity contribution in [2.45, 2.75) is 64.5 Å². The minimum Gasteiger partial charge on any atom is -0.392 e. The summed E-state index contributed by atoms with van der Waals surface area (Å²) in [6.07, 6.45) is 8.14. The lowest BCUT2D eigenvalue weighted by molar-refractivity contribution is 0.179. The van der Waals surface area contributed by atoms with Crippen LogP contribution in [0.2, 0.25) is 0 Å². The highest BCUT2D eigenvalue weighted by Crippen LogP contribution is 2.25. The molecule has 1 aliphatic carbocycles. The molecule has 1 fully saturated rings.